The van der Waals surface area contributed by atoms with E-state index in [2.05, 4.69) is 15.2 Å². The number of carbonyl (C=O) groups is 1. The summed E-state index contributed by atoms with van der Waals surface area (Å²) in [5.41, 5.74) is 1.41. The van der Waals surface area contributed by atoms with E-state index in [9.17, 15) is 9.18 Å². The minimum absolute atomic E-state index is 0.0572. The van der Waals surface area contributed by atoms with Gasteiger partial charge in [-0.2, -0.15) is 0 Å². The molecule has 2 aliphatic heterocycles. The van der Waals surface area contributed by atoms with Crippen LogP contribution in [0.1, 0.15) is 35.2 Å². The fourth-order valence-electron chi connectivity index (χ4n) is 4.81. The van der Waals surface area contributed by atoms with Crippen molar-refractivity contribution in [3.63, 3.8) is 0 Å². The van der Waals surface area contributed by atoms with Crippen LogP contribution in [0, 0.1) is 11.2 Å². The number of pyridine rings is 1. The molecule has 4 rings (SSSR count). The standard InChI is InChI=1S/C23H29FN4O2/c1-25-21-13-17(6-9-26-21)22(29)28-11-8-23(16-28)7-3-10-27(15-23)14-18-12-19(30-2)4-5-20(18)24/h4-6,9,12-13H,3,7-8,10-11,14-16H2,1-2H3,(H,25,26). The molecule has 0 radical (unpaired) electrons. The topological polar surface area (TPSA) is 57.7 Å². The third kappa shape index (κ3) is 4.26. The maximum absolute atomic E-state index is 14.3. The van der Waals surface area contributed by atoms with E-state index in [1.54, 1.807) is 44.6 Å². The fourth-order valence-corrected chi connectivity index (χ4v) is 4.81. The van der Waals surface area contributed by atoms with Gasteiger partial charge in [-0.15, -0.1) is 0 Å². The van der Waals surface area contributed by atoms with Gasteiger partial charge in [-0.05, 0) is 56.1 Å². The highest BCUT2D eigenvalue weighted by Gasteiger charge is 2.43. The average molecular weight is 413 g/mol. The van der Waals surface area contributed by atoms with Gasteiger partial charge >= 0.3 is 0 Å². The van der Waals surface area contributed by atoms with E-state index < -0.39 is 0 Å². The summed E-state index contributed by atoms with van der Waals surface area (Å²) in [5.74, 6) is 1.23. The Morgan fingerprint density at radius 3 is 2.90 bits per heavy atom. The quantitative estimate of drug-likeness (QED) is 0.816. The summed E-state index contributed by atoms with van der Waals surface area (Å²) in [6.07, 6.45) is 4.81. The van der Waals surface area contributed by atoms with Crippen LogP contribution in [0.5, 0.6) is 5.75 Å². The van der Waals surface area contributed by atoms with Crippen molar-refractivity contribution in [1.29, 1.82) is 0 Å². The van der Waals surface area contributed by atoms with Crippen molar-refractivity contribution in [2.45, 2.75) is 25.8 Å². The van der Waals surface area contributed by atoms with Gasteiger partial charge in [0.05, 0.1) is 7.11 Å². The molecule has 0 bridgehead atoms. The molecule has 160 valence electrons. The third-order valence-electron chi connectivity index (χ3n) is 6.38. The van der Waals surface area contributed by atoms with Crippen LogP contribution in [-0.2, 0) is 6.54 Å². The normalized spacial score (nSPS) is 21.8. The van der Waals surface area contributed by atoms with Crippen molar-refractivity contribution in [1.82, 2.24) is 14.8 Å². The van der Waals surface area contributed by atoms with Crippen molar-refractivity contribution in [3.8, 4) is 5.75 Å². The Morgan fingerprint density at radius 1 is 1.23 bits per heavy atom. The van der Waals surface area contributed by atoms with Crippen molar-refractivity contribution < 1.29 is 13.9 Å². The molecular weight excluding hydrogens is 383 g/mol. The Balaban J connectivity index is 1.43. The average Bonchev–Trinajstić information content (AvgIpc) is 3.17. The van der Waals surface area contributed by atoms with Gasteiger partial charge in [-0.1, -0.05) is 0 Å². The van der Waals surface area contributed by atoms with Gasteiger partial charge in [0.25, 0.3) is 5.91 Å². The molecule has 2 aliphatic rings. The minimum atomic E-state index is -0.198. The summed E-state index contributed by atoms with van der Waals surface area (Å²) >= 11 is 0. The number of piperidine rings is 1. The van der Waals surface area contributed by atoms with Crippen LogP contribution >= 0.6 is 0 Å². The molecule has 1 aromatic carbocycles. The molecule has 0 aliphatic carbocycles. The highest BCUT2D eigenvalue weighted by atomic mass is 19.1. The second kappa shape index (κ2) is 8.60. The van der Waals surface area contributed by atoms with Gasteiger partial charge in [0.2, 0.25) is 0 Å². The Bertz CT molecular complexity index is 922. The number of aromatic nitrogens is 1. The zero-order chi connectivity index (χ0) is 21.1. The fraction of sp³-hybridized carbons (Fsp3) is 0.478. The molecule has 7 heteroatoms. The lowest BCUT2D eigenvalue weighted by atomic mass is 9.79. The van der Waals surface area contributed by atoms with Crippen LogP contribution in [0.15, 0.2) is 36.5 Å². The lowest BCUT2D eigenvalue weighted by molar-refractivity contribution is 0.0673. The van der Waals surface area contributed by atoms with Crippen molar-refractivity contribution in [3.05, 3.63) is 53.5 Å². The second-order valence-electron chi connectivity index (χ2n) is 8.43. The summed E-state index contributed by atoms with van der Waals surface area (Å²) in [4.78, 5) is 21.5. The predicted molar refractivity (Wildman–Crippen MR) is 114 cm³/mol. The molecule has 30 heavy (non-hydrogen) atoms. The first-order valence-corrected chi connectivity index (χ1v) is 10.5. The number of anilines is 1. The minimum Gasteiger partial charge on any atom is -0.497 e. The van der Waals surface area contributed by atoms with Crippen LogP contribution in [0.3, 0.4) is 0 Å². The lowest BCUT2D eigenvalue weighted by Crippen LogP contribution is -2.45. The van der Waals surface area contributed by atoms with Crippen molar-refractivity contribution >= 4 is 11.7 Å². The zero-order valence-corrected chi connectivity index (χ0v) is 17.7. The molecule has 1 atom stereocenters. The summed E-state index contributed by atoms with van der Waals surface area (Å²) in [7, 11) is 3.39. The number of rotatable bonds is 5. The van der Waals surface area contributed by atoms with E-state index in [4.69, 9.17) is 4.74 Å². The summed E-state index contributed by atoms with van der Waals surface area (Å²) < 4.78 is 19.6. The van der Waals surface area contributed by atoms with Crippen LogP contribution < -0.4 is 10.1 Å². The first kappa shape index (κ1) is 20.6. The molecule has 1 unspecified atom stereocenters. The van der Waals surface area contributed by atoms with Gasteiger partial charge in [0.15, 0.2) is 0 Å². The van der Waals surface area contributed by atoms with Gasteiger partial charge < -0.3 is 15.0 Å². The van der Waals surface area contributed by atoms with Gasteiger partial charge in [-0.25, -0.2) is 9.37 Å². The van der Waals surface area contributed by atoms with Crippen LogP contribution in [0.4, 0.5) is 10.2 Å². The van der Waals surface area contributed by atoms with Crippen LogP contribution in [0.25, 0.3) is 0 Å². The Morgan fingerprint density at radius 2 is 2.10 bits per heavy atom. The molecule has 6 nitrogen and oxygen atoms in total. The molecule has 2 saturated heterocycles. The molecule has 1 aromatic heterocycles. The number of hydrogen-bond donors (Lipinski definition) is 1. The number of likely N-dealkylation sites (tertiary alicyclic amines) is 2. The molecule has 1 spiro atoms. The monoisotopic (exact) mass is 412 g/mol. The third-order valence-corrected chi connectivity index (χ3v) is 6.38. The van der Waals surface area contributed by atoms with Crippen LogP contribution in [0.2, 0.25) is 0 Å². The highest BCUT2D eigenvalue weighted by Crippen LogP contribution is 2.40. The summed E-state index contributed by atoms with van der Waals surface area (Å²) in [6.45, 7) is 3.90. The number of methoxy groups -OCH3 is 1. The molecule has 1 N–H and O–H groups in total. The first-order valence-electron chi connectivity index (χ1n) is 10.5. The van der Waals surface area contributed by atoms with E-state index in [0.717, 1.165) is 45.4 Å². The van der Waals surface area contributed by atoms with E-state index in [-0.39, 0.29) is 17.1 Å². The number of ether oxygens (including phenoxy) is 1. The van der Waals surface area contributed by atoms with E-state index >= 15 is 0 Å². The maximum atomic E-state index is 14.3. The largest absolute Gasteiger partial charge is 0.497 e. The van der Waals surface area contributed by atoms with E-state index in [1.165, 1.54) is 6.07 Å². The zero-order valence-electron chi connectivity index (χ0n) is 17.7. The SMILES string of the molecule is CNc1cc(C(=O)N2CCC3(CCCN(Cc4cc(OC)ccc4F)C3)C2)ccn1. The Labute approximate surface area is 177 Å². The van der Waals surface area contributed by atoms with Crippen molar-refractivity contribution in [2.24, 2.45) is 5.41 Å². The van der Waals surface area contributed by atoms with E-state index in [0.29, 0.717) is 29.2 Å². The second-order valence-corrected chi connectivity index (χ2v) is 8.43. The van der Waals surface area contributed by atoms with Gasteiger partial charge in [0.1, 0.15) is 17.4 Å². The lowest BCUT2D eigenvalue weighted by Gasteiger charge is -2.40. The predicted octanol–water partition coefficient (Wildman–Crippen LogP) is 3.40. The molecule has 2 aromatic rings. The van der Waals surface area contributed by atoms with Crippen LogP contribution in [-0.4, -0.2) is 61.0 Å². The maximum Gasteiger partial charge on any atom is 0.254 e. The highest BCUT2D eigenvalue weighted by molar-refractivity contribution is 5.95. The number of halogens is 1. The van der Waals surface area contributed by atoms with E-state index in [1.807, 2.05) is 4.90 Å². The summed E-state index contributed by atoms with van der Waals surface area (Å²) in [6, 6.07) is 8.47. The van der Waals surface area contributed by atoms with Gasteiger partial charge in [-0.3, -0.25) is 9.69 Å². The first-order chi connectivity index (χ1) is 14.5. The molecule has 3 heterocycles. The molecule has 2 fully saturated rings. The molecule has 0 saturated carbocycles. The molecule has 1 amide bonds. The van der Waals surface area contributed by atoms with Gasteiger partial charge in [0, 0.05) is 56.0 Å². The summed E-state index contributed by atoms with van der Waals surface area (Å²) in [5, 5.41) is 2.98. The Hall–Kier alpha value is -2.67. The van der Waals surface area contributed by atoms with Crippen molar-refractivity contribution in [2.75, 3.05) is 45.7 Å². The number of nitrogens with one attached hydrogen (secondary N) is 1. The Kier molecular flexibility index (Phi) is 5.90. The number of amides is 1. The molecular formula is C23H29FN4O2. The smallest absolute Gasteiger partial charge is 0.254 e. The number of benzene rings is 1. The number of hydrogen-bond acceptors (Lipinski definition) is 5. The number of nitrogens with zero attached hydrogens (tertiary/aromatic N) is 3. The number of carbonyl (C=O) groups excluding carboxylic acids is 1.